The lowest BCUT2D eigenvalue weighted by molar-refractivity contribution is 0.0998. The number of carbonyl (C=O) groups is 1. The van der Waals surface area contributed by atoms with Gasteiger partial charge < -0.3 is 9.15 Å². The topological polar surface area (TPSA) is 64.4 Å². The van der Waals surface area contributed by atoms with E-state index >= 15 is 0 Å². The minimum absolute atomic E-state index is 0.218. The lowest BCUT2D eigenvalue weighted by Crippen LogP contribution is -2.10. The number of ether oxygens (including phenoxy) is 1. The molecule has 2 heterocycles. The number of anilines is 1. The van der Waals surface area contributed by atoms with E-state index in [4.69, 9.17) is 9.15 Å². The van der Waals surface area contributed by atoms with E-state index in [0.717, 1.165) is 20.2 Å². The Kier molecular flexibility index (Phi) is 4.64. The maximum absolute atomic E-state index is 12.5. The fourth-order valence-electron chi connectivity index (χ4n) is 2.55. The van der Waals surface area contributed by atoms with Gasteiger partial charge in [0.1, 0.15) is 0 Å². The number of nitrogens with one attached hydrogen (secondary N) is 1. The number of aromatic nitrogens is 1. The van der Waals surface area contributed by atoms with E-state index in [9.17, 15) is 4.79 Å². The first-order valence-corrected chi connectivity index (χ1v) is 9.69. The van der Waals surface area contributed by atoms with Gasteiger partial charge in [0.2, 0.25) is 0 Å². The summed E-state index contributed by atoms with van der Waals surface area (Å²) in [5, 5.41) is 6.04. The first-order chi connectivity index (χ1) is 12.6. The van der Waals surface area contributed by atoms with Crippen molar-refractivity contribution >= 4 is 55.9 Å². The monoisotopic (exact) mass is 476 g/mol. The molecule has 0 aliphatic heterocycles. The molecule has 1 N–H and O–H groups in total. The smallest absolute Gasteiger partial charge is 0.293 e. The Labute approximate surface area is 167 Å². The molecular formula is C19H13IN2O3S. The summed E-state index contributed by atoms with van der Waals surface area (Å²) < 4.78 is 12.1. The fourth-order valence-corrected chi connectivity index (χ4v) is 3.63. The van der Waals surface area contributed by atoms with E-state index < -0.39 is 0 Å². The van der Waals surface area contributed by atoms with Gasteiger partial charge in [-0.3, -0.25) is 10.1 Å². The minimum atomic E-state index is -0.341. The fraction of sp³-hybridized carbons (Fsp3) is 0.0526. The molecule has 2 aromatic heterocycles. The molecule has 4 rings (SSSR count). The summed E-state index contributed by atoms with van der Waals surface area (Å²) in [6.45, 7) is 0. The average Bonchev–Trinajstić information content (AvgIpc) is 3.29. The Morgan fingerprint density at radius 3 is 2.81 bits per heavy atom. The van der Waals surface area contributed by atoms with Crippen LogP contribution < -0.4 is 10.1 Å². The predicted octanol–water partition coefficient (Wildman–Crippen LogP) is 5.42. The van der Waals surface area contributed by atoms with E-state index in [1.165, 1.54) is 11.3 Å². The van der Waals surface area contributed by atoms with Gasteiger partial charge >= 0.3 is 0 Å². The molecule has 4 aromatic rings. The number of amides is 1. The largest absolute Gasteiger partial charge is 0.493 e. The third kappa shape index (κ3) is 3.32. The van der Waals surface area contributed by atoms with Crippen LogP contribution in [0.4, 0.5) is 5.13 Å². The van der Waals surface area contributed by atoms with Crippen LogP contribution in [0.5, 0.6) is 5.75 Å². The number of halogens is 1. The van der Waals surface area contributed by atoms with Crippen molar-refractivity contribution in [1.82, 2.24) is 4.98 Å². The van der Waals surface area contributed by atoms with Crippen LogP contribution in [-0.4, -0.2) is 18.0 Å². The minimum Gasteiger partial charge on any atom is -0.493 e. The van der Waals surface area contributed by atoms with Gasteiger partial charge in [-0.05, 0) is 46.9 Å². The molecule has 0 aliphatic rings. The van der Waals surface area contributed by atoms with Gasteiger partial charge in [-0.25, -0.2) is 4.98 Å². The van der Waals surface area contributed by atoms with Gasteiger partial charge in [0.25, 0.3) is 5.91 Å². The second-order valence-electron chi connectivity index (χ2n) is 5.49. The quantitative estimate of drug-likeness (QED) is 0.400. The number of fused-ring (bicyclic) bond motifs is 1. The lowest BCUT2D eigenvalue weighted by atomic mass is 10.2. The molecule has 1 amide bonds. The van der Waals surface area contributed by atoms with Gasteiger partial charge in [-0.2, -0.15) is 0 Å². The summed E-state index contributed by atoms with van der Waals surface area (Å²) in [6.07, 6.45) is 0. The molecule has 130 valence electrons. The number of benzene rings is 2. The molecule has 0 saturated carbocycles. The number of para-hydroxylation sites is 1. The van der Waals surface area contributed by atoms with Crippen molar-refractivity contribution in [2.45, 2.75) is 0 Å². The van der Waals surface area contributed by atoms with Crippen molar-refractivity contribution < 1.29 is 13.9 Å². The zero-order chi connectivity index (χ0) is 18.1. The van der Waals surface area contributed by atoms with Crippen LogP contribution in [0.2, 0.25) is 0 Å². The Bertz CT molecular complexity index is 1090. The molecule has 0 atom stereocenters. The van der Waals surface area contributed by atoms with Crippen molar-refractivity contribution in [2.24, 2.45) is 0 Å². The number of carbonyl (C=O) groups excluding carboxylic acids is 1. The highest BCUT2D eigenvalue weighted by molar-refractivity contribution is 14.1. The number of hydrogen-bond acceptors (Lipinski definition) is 5. The van der Waals surface area contributed by atoms with Crippen molar-refractivity contribution in [3.63, 3.8) is 0 Å². The summed E-state index contributed by atoms with van der Waals surface area (Å²) in [6, 6.07) is 15.3. The number of rotatable bonds is 4. The average molecular weight is 476 g/mol. The Hall–Kier alpha value is -2.39. The van der Waals surface area contributed by atoms with Crippen molar-refractivity contribution in [3.8, 4) is 17.0 Å². The molecule has 0 aliphatic carbocycles. The summed E-state index contributed by atoms with van der Waals surface area (Å²) in [7, 11) is 1.57. The highest BCUT2D eigenvalue weighted by atomic mass is 127. The van der Waals surface area contributed by atoms with Gasteiger partial charge in [-0.1, -0.05) is 24.3 Å². The molecule has 0 bridgehead atoms. The molecule has 2 aromatic carbocycles. The Balaban J connectivity index is 1.56. The van der Waals surface area contributed by atoms with E-state index in [1.807, 2.05) is 41.8 Å². The summed E-state index contributed by atoms with van der Waals surface area (Å²) in [4.78, 5) is 17.0. The number of hydrogen-bond donors (Lipinski definition) is 1. The molecule has 0 radical (unpaired) electrons. The van der Waals surface area contributed by atoms with E-state index in [2.05, 4.69) is 32.9 Å². The zero-order valence-corrected chi connectivity index (χ0v) is 16.6. The Morgan fingerprint density at radius 1 is 1.23 bits per heavy atom. The van der Waals surface area contributed by atoms with Crippen LogP contribution in [0.3, 0.4) is 0 Å². The molecule has 7 heteroatoms. The maximum Gasteiger partial charge on any atom is 0.293 e. The van der Waals surface area contributed by atoms with Gasteiger partial charge in [0, 0.05) is 19.9 Å². The third-order valence-corrected chi connectivity index (χ3v) is 5.29. The molecule has 0 unspecified atom stereocenters. The van der Waals surface area contributed by atoms with Crippen molar-refractivity contribution in [3.05, 3.63) is 63.2 Å². The normalized spacial score (nSPS) is 10.8. The summed E-state index contributed by atoms with van der Waals surface area (Å²) >= 11 is 3.63. The highest BCUT2D eigenvalue weighted by Gasteiger charge is 2.16. The summed E-state index contributed by atoms with van der Waals surface area (Å²) in [5.41, 5.74) is 2.39. The predicted molar refractivity (Wildman–Crippen MR) is 111 cm³/mol. The van der Waals surface area contributed by atoms with Crippen LogP contribution in [0.1, 0.15) is 10.6 Å². The van der Waals surface area contributed by atoms with Crippen LogP contribution in [0.15, 0.2) is 58.3 Å². The molecule has 26 heavy (non-hydrogen) atoms. The molecule has 5 nitrogen and oxygen atoms in total. The standard InChI is InChI=1S/C19H13IN2O3S/c1-24-15-4-2-3-12-9-16(25-17(12)15)18(23)22-19-21-14(10-26-19)11-5-7-13(20)8-6-11/h2-10H,1H3,(H,21,22,23). The summed E-state index contributed by atoms with van der Waals surface area (Å²) in [5.74, 6) is 0.471. The van der Waals surface area contributed by atoms with Crippen LogP contribution in [0.25, 0.3) is 22.2 Å². The van der Waals surface area contributed by atoms with Crippen LogP contribution >= 0.6 is 33.9 Å². The van der Waals surface area contributed by atoms with Crippen LogP contribution in [0, 0.1) is 3.57 Å². The molecule has 0 fully saturated rings. The molecule has 0 saturated heterocycles. The first-order valence-electron chi connectivity index (χ1n) is 7.73. The number of furan rings is 1. The van der Waals surface area contributed by atoms with E-state index in [-0.39, 0.29) is 11.7 Å². The lowest BCUT2D eigenvalue weighted by Gasteiger charge is -1.99. The second kappa shape index (κ2) is 7.08. The molecule has 0 spiro atoms. The Morgan fingerprint density at radius 2 is 2.04 bits per heavy atom. The highest BCUT2D eigenvalue weighted by Crippen LogP contribution is 2.30. The first kappa shape index (κ1) is 17.0. The van der Waals surface area contributed by atoms with E-state index in [1.54, 1.807) is 19.2 Å². The van der Waals surface area contributed by atoms with Gasteiger partial charge in [-0.15, -0.1) is 11.3 Å². The zero-order valence-electron chi connectivity index (χ0n) is 13.7. The van der Waals surface area contributed by atoms with Crippen LogP contribution in [-0.2, 0) is 0 Å². The number of nitrogens with zero attached hydrogens (tertiary/aromatic N) is 1. The van der Waals surface area contributed by atoms with E-state index in [0.29, 0.717) is 16.5 Å². The third-order valence-electron chi connectivity index (χ3n) is 3.82. The SMILES string of the molecule is COc1cccc2cc(C(=O)Nc3nc(-c4ccc(I)cc4)cs3)oc12. The second-order valence-corrected chi connectivity index (χ2v) is 7.59. The van der Waals surface area contributed by atoms with Crippen molar-refractivity contribution in [2.75, 3.05) is 12.4 Å². The molecular weight excluding hydrogens is 463 g/mol. The number of methoxy groups -OCH3 is 1. The maximum atomic E-state index is 12.5. The van der Waals surface area contributed by atoms with Crippen molar-refractivity contribution in [1.29, 1.82) is 0 Å². The van der Waals surface area contributed by atoms with Gasteiger partial charge in [0.05, 0.1) is 12.8 Å². The number of thiazole rings is 1. The van der Waals surface area contributed by atoms with Gasteiger partial charge in [0.15, 0.2) is 22.2 Å².